The summed E-state index contributed by atoms with van der Waals surface area (Å²) in [5, 5.41) is 3.71. The van der Waals surface area contributed by atoms with E-state index in [9.17, 15) is 0 Å². The molecule has 0 bridgehead atoms. The third-order valence-electron chi connectivity index (χ3n) is 4.38. The van der Waals surface area contributed by atoms with Crippen LogP contribution in [0.4, 0.5) is 0 Å². The van der Waals surface area contributed by atoms with Gasteiger partial charge in [0.2, 0.25) is 0 Å². The van der Waals surface area contributed by atoms with E-state index in [4.69, 9.17) is 9.47 Å². The molecule has 0 radical (unpaired) electrons. The van der Waals surface area contributed by atoms with Gasteiger partial charge in [-0.2, -0.15) is 0 Å². The maximum absolute atomic E-state index is 5.34. The van der Waals surface area contributed by atoms with Crippen molar-refractivity contribution in [3.8, 4) is 11.5 Å². The first-order chi connectivity index (χ1) is 9.74. The third-order valence-corrected chi connectivity index (χ3v) is 4.38. The molecule has 0 amide bonds. The quantitative estimate of drug-likeness (QED) is 0.864. The van der Waals surface area contributed by atoms with E-state index >= 15 is 0 Å². The molecule has 3 nitrogen and oxygen atoms in total. The van der Waals surface area contributed by atoms with E-state index in [0.29, 0.717) is 6.04 Å². The monoisotopic (exact) mass is 277 g/mol. The van der Waals surface area contributed by atoms with Crippen LogP contribution in [0.15, 0.2) is 18.2 Å². The lowest BCUT2D eigenvalue weighted by Crippen LogP contribution is -2.38. The van der Waals surface area contributed by atoms with Crippen LogP contribution in [-0.2, 0) is 6.42 Å². The van der Waals surface area contributed by atoms with E-state index in [-0.39, 0.29) is 0 Å². The van der Waals surface area contributed by atoms with Crippen LogP contribution in [0.25, 0.3) is 0 Å². The Morgan fingerprint density at radius 2 is 1.85 bits per heavy atom. The van der Waals surface area contributed by atoms with Gasteiger partial charge >= 0.3 is 0 Å². The van der Waals surface area contributed by atoms with Gasteiger partial charge in [-0.05, 0) is 49.4 Å². The molecule has 2 atom stereocenters. The summed E-state index contributed by atoms with van der Waals surface area (Å²) < 4.78 is 10.6. The third kappa shape index (κ3) is 3.89. The van der Waals surface area contributed by atoms with Crippen molar-refractivity contribution in [2.45, 2.75) is 45.1 Å². The first kappa shape index (κ1) is 15.2. The minimum absolute atomic E-state index is 0.698. The van der Waals surface area contributed by atoms with Gasteiger partial charge in [-0.1, -0.05) is 25.8 Å². The van der Waals surface area contributed by atoms with Crippen LogP contribution in [0.1, 0.15) is 38.2 Å². The van der Waals surface area contributed by atoms with Crippen LogP contribution in [-0.4, -0.2) is 26.8 Å². The highest BCUT2D eigenvalue weighted by Crippen LogP contribution is 2.28. The molecule has 0 aliphatic heterocycles. The molecule has 0 saturated heterocycles. The SMILES string of the molecule is COc1ccc(CCN[C@@H]2CCCC[C@@H]2C)cc1OC. The molecular formula is C17H27NO2. The fourth-order valence-corrected chi connectivity index (χ4v) is 3.06. The standard InChI is InChI=1S/C17H27NO2/c1-13-6-4-5-7-15(13)18-11-10-14-8-9-16(19-2)17(12-14)20-3/h8-9,12-13,15,18H,4-7,10-11H2,1-3H3/t13-,15+/m0/s1. The van der Waals surface area contributed by atoms with Crippen molar-refractivity contribution in [2.75, 3.05) is 20.8 Å². The Bertz CT molecular complexity index is 419. The van der Waals surface area contributed by atoms with Crippen molar-refractivity contribution in [1.82, 2.24) is 5.32 Å². The highest BCUT2D eigenvalue weighted by Gasteiger charge is 2.20. The number of hydrogen-bond donors (Lipinski definition) is 1. The van der Waals surface area contributed by atoms with Crippen LogP contribution >= 0.6 is 0 Å². The van der Waals surface area contributed by atoms with E-state index in [1.54, 1.807) is 14.2 Å². The van der Waals surface area contributed by atoms with Crippen LogP contribution in [0.3, 0.4) is 0 Å². The Kier molecular flexibility index (Phi) is 5.72. The van der Waals surface area contributed by atoms with Gasteiger partial charge in [0, 0.05) is 6.04 Å². The minimum atomic E-state index is 0.698. The van der Waals surface area contributed by atoms with Gasteiger partial charge in [0.1, 0.15) is 0 Å². The van der Waals surface area contributed by atoms with Crippen molar-refractivity contribution in [3.05, 3.63) is 23.8 Å². The zero-order chi connectivity index (χ0) is 14.4. The summed E-state index contributed by atoms with van der Waals surface area (Å²) in [6.07, 6.45) is 6.50. The molecule has 1 saturated carbocycles. The first-order valence-electron chi connectivity index (χ1n) is 7.69. The zero-order valence-corrected chi connectivity index (χ0v) is 12.9. The fourth-order valence-electron chi connectivity index (χ4n) is 3.06. The Morgan fingerprint density at radius 1 is 1.10 bits per heavy atom. The molecule has 1 aliphatic carbocycles. The van der Waals surface area contributed by atoms with Gasteiger partial charge in [-0.15, -0.1) is 0 Å². The number of methoxy groups -OCH3 is 2. The van der Waals surface area contributed by atoms with Gasteiger partial charge in [-0.3, -0.25) is 0 Å². The summed E-state index contributed by atoms with van der Waals surface area (Å²) >= 11 is 0. The summed E-state index contributed by atoms with van der Waals surface area (Å²) in [5.74, 6) is 2.43. The Hall–Kier alpha value is -1.22. The number of hydrogen-bond acceptors (Lipinski definition) is 3. The zero-order valence-electron chi connectivity index (χ0n) is 12.9. The maximum atomic E-state index is 5.34. The lowest BCUT2D eigenvalue weighted by atomic mass is 9.86. The van der Waals surface area contributed by atoms with Gasteiger partial charge in [0.25, 0.3) is 0 Å². The van der Waals surface area contributed by atoms with E-state index in [2.05, 4.69) is 24.4 Å². The summed E-state index contributed by atoms with van der Waals surface area (Å²) in [7, 11) is 3.35. The molecule has 0 unspecified atom stereocenters. The number of ether oxygens (including phenoxy) is 2. The molecule has 1 fully saturated rings. The fraction of sp³-hybridized carbons (Fsp3) is 0.647. The van der Waals surface area contributed by atoms with Crippen molar-refractivity contribution in [2.24, 2.45) is 5.92 Å². The molecule has 2 rings (SSSR count). The van der Waals surface area contributed by atoms with E-state index < -0.39 is 0 Å². The molecule has 0 spiro atoms. The maximum Gasteiger partial charge on any atom is 0.160 e. The smallest absolute Gasteiger partial charge is 0.160 e. The molecule has 0 aromatic heterocycles. The topological polar surface area (TPSA) is 30.5 Å². The Labute approximate surface area is 122 Å². The van der Waals surface area contributed by atoms with Crippen LogP contribution in [0.5, 0.6) is 11.5 Å². The van der Waals surface area contributed by atoms with Crippen molar-refractivity contribution < 1.29 is 9.47 Å². The molecule has 3 heteroatoms. The predicted octanol–water partition coefficient (Wildman–Crippen LogP) is 3.41. The molecular weight excluding hydrogens is 250 g/mol. The van der Waals surface area contributed by atoms with Crippen molar-refractivity contribution in [1.29, 1.82) is 0 Å². The van der Waals surface area contributed by atoms with Crippen molar-refractivity contribution >= 4 is 0 Å². The highest BCUT2D eigenvalue weighted by atomic mass is 16.5. The van der Waals surface area contributed by atoms with Crippen molar-refractivity contribution in [3.63, 3.8) is 0 Å². The van der Waals surface area contributed by atoms with E-state index in [0.717, 1.165) is 30.4 Å². The predicted molar refractivity (Wildman–Crippen MR) is 82.7 cm³/mol. The minimum Gasteiger partial charge on any atom is -0.493 e. The normalized spacial score (nSPS) is 22.6. The average molecular weight is 277 g/mol. The molecule has 0 heterocycles. The summed E-state index contributed by atoms with van der Waals surface area (Å²) in [6.45, 7) is 3.40. The van der Waals surface area contributed by atoms with Gasteiger partial charge in [-0.25, -0.2) is 0 Å². The second kappa shape index (κ2) is 7.53. The second-order valence-corrected chi connectivity index (χ2v) is 5.76. The molecule has 20 heavy (non-hydrogen) atoms. The molecule has 1 aromatic carbocycles. The number of nitrogens with one attached hydrogen (secondary N) is 1. The summed E-state index contributed by atoms with van der Waals surface area (Å²) in [4.78, 5) is 0. The first-order valence-corrected chi connectivity index (χ1v) is 7.69. The van der Waals surface area contributed by atoms with Crippen LogP contribution in [0, 0.1) is 5.92 Å². The Balaban J connectivity index is 1.84. The Morgan fingerprint density at radius 3 is 2.55 bits per heavy atom. The van der Waals surface area contributed by atoms with Crippen LogP contribution < -0.4 is 14.8 Å². The van der Waals surface area contributed by atoms with E-state index in [1.165, 1.54) is 31.2 Å². The largest absolute Gasteiger partial charge is 0.493 e. The molecule has 112 valence electrons. The number of rotatable bonds is 6. The average Bonchev–Trinajstić information content (AvgIpc) is 2.49. The van der Waals surface area contributed by atoms with Gasteiger partial charge < -0.3 is 14.8 Å². The van der Waals surface area contributed by atoms with Crippen LogP contribution in [0.2, 0.25) is 0 Å². The lowest BCUT2D eigenvalue weighted by Gasteiger charge is -2.29. The molecule has 1 aliphatic rings. The molecule has 1 N–H and O–H groups in total. The molecule has 1 aromatic rings. The summed E-state index contributed by atoms with van der Waals surface area (Å²) in [5.41, 5.74) is 1.29. The van der Waals surface area contributed by atoms with E-state index in [1.807, 2.05) is 6.07 Å². The lowest BCUT2D eigenvalue weighted by molar-refractivity contribution is 0.282. The van der Waals surface area contributed by atoms with Gasteiger partial charge in [0.05, 0.1) is 14.2 Å². The van der Waals surface area contributed by atoms with Gasteiger partial charge in [0.15, 0.2) is 11.5 Å². The summed E-state index contributed by atoms with van der Waals surface area (Å²) in [6, 6.07) is 6.87. The highest BCUT2D eigenvalue weighted by molar-refractivity contribution is 5.42. The second-order valence-electron chi connectivity index (χ2n) is 5.76. The number of benzene rings is 1.